The number of carbonyl (C=O) groups excluding carboxylic acids is 1. The van der Waals surface area contributed by atoms with Gasteiger partial charge in [-0.05, 0) is 32.9 Å². The Labute approximate surface area is 226 Å². The van der Waals surface area contributed by atoms with E-state index < -0.39 is 6.04 Å². The van der Waals surface area contributed by atoms with Crippen LogP contribution in [0.2, 0.25) is 0 Å². The zero-order chi connectivity index (χ0) is 26.8. The van der Waals surface area contributed by atoms with Crippen molar-refractivity contribution in [1.29, 1.82) is 0 Å². The van der Waals surface area contributed by atoms with Gasteiger partial charge in [0.2, 0.25) is 23.8 Å². The van der Waals surface area contributed by atoms with Gasteiger partial charge in [0, 0.05) is 64.1 Å². The molecule has 3 aromatic heterocycles. The van der Waals surface area contributed by atoms with E-state index in [-0.39, 0.29) is 12.0 Å². The maximum absolute atomic E-state index is 13.4. The fourth-order valence-electron chi connectivity index (χ4n) is 5.05. The first-order chi connectivity index (χ1) is 19.1. The Morgan fingerprint density at radius 3 is 2.77 bits per heavy atom. The molecule has 1 amide bonds. The van der Waals surface area contributed by atoms with Crippen LogP contribution in [0.3, 0.4) is 0 Å². The normalized spacial score (nSPS) is 22.1. The fraction of sp³-hybridized carbons (Fsp3) is 0.560. The van der Waals surface area contributed by atoms with E-state index in [0.29, 0.717) is 42.5 Å². The molecule has 2 aliphatic heterocycles. The van der Waals surface area contributed by atoms with Crippen LogP contribution in [0.1, 0.15) is 37.3 Å². The predicted octanol–water partition coefficient (Wildman–Crippen LogP) is 1.38. The lowest BCUT2D eigenvalue weighted by Gasteiger charge is -2.26. The lowest BCUT2D eigenvalue weighted by Crippen LogP contribution is -2.41. The molecule has 2 atom stereocenters. The van der Waals surface area contributed by atoms with Crippen LogP contribution < -0.4 is 20.4 Å². The van der Waals surface area contributed by atoms with Gasteiger partial charge in [-0.25, -0.2) is 4.98 Å². The number of aromatic nitrogens is 7. The SMILES string of the molecule is CO[C@H]1C[C@@H](C(=O)Nc2cnccn2)N(c2nc(Nc3cc(C4CC4)n[nH]3)nc(N3CCCN(C)CC3)n2)C1. The first kappa shape index (κ1) is 25.4. The third-order valence-electron chi connectivity index (χ3n) is 7.42. The van der Waals surface area contributed by atoms with Crippen molar-refractivity contribution >= 4 is 35.4 Å². The number of carbonyl (C=O) groups is 1. The Bertz CT molecular complexity index is 1280. The first-order valence-corrected chi connectivity index (χ1v) is 13.4. The third-order valence-corrected chi connectivity index (χ3v) is 7.42. The highest BCUT2D eigenvalue weighted by Gasteiger charge is 2.39. The van der Waals surface area contributed by atoms with Gasteiger partial charge >= 0.3 is 0 Å². The molecule has 1 aliphatic carbocycles. The summed E-state index contributed by atoms with van der Waals surface area (Å²) in [5, 5.41) is 13.7. The highest BCUT2D eigenvalue weighted by molar-refractivity contribution is 5.96. The number of nitrogens with one attached hydrogen (secondary N) is 3. The Morgan fingerprint density at radius 2 is 1.97 bits per heavy atom. The molecule has 5 heterocycles. The minimum absolute atomic E-state index is 0.153. The Balaban J connectivity index is 1.31. The molecule has 0 aromatic carbocycles. The molecule has 3 N–H and O–H groups in total. The Morgan fingerprint density at radius 1 is 1.10 bits per heavy atom. The first-order valence-electron chi connectivity index (χ1n) is 13.4. The fourth-order valence-corrected chi connectivity index (χ4v) is 5.05. The molecule has 3 aliphatic rings. The van der Waals surface area contributed by atoms with Crippen molar-refractivity contribution in [3.8, 4) is 0 Å². The number of hydrogen-bond acceptors (Lipinski definition) is 12. The molecule has 3 aromatic rings. The topological polar surface area (TPSA) is 153 Å². The minimum Gasteiger partial charge on any atom is -0.380 e. The number of rotatable bonds is 8. The number of amides is 1. The second-order valence-corrected chi connectivity index (χ2v) is 10.4. The van der Waals surface area contributed by atoms with Crippen LogP contribution in [0, 0.1) is 0 Å². The summed E-state index contributed by atoms with van der Waals surface area (Å²) in [6.07, 6.45) is 8.30. The zero-order valence-corrected chi connectivity index (χ0v) is 22.2. The summed E-state index contributed by atoms with van der Waals surface area (Å²) in [7, 11) is 3.78. The van der Waals surface area contributed by atoms with Crippen LogP contribution in [0.15, 0.2) is 24.7 Å². The maximum Gasteiger partial charge on any atom is 0.248 e. The summed E-state index contributed by atoms with van der Waals surface area (Å²) in [6.45, 7) is 4.03. The number of anilines is 5. The largest absolute Gasteiger partial charge is 0.380 e. The summed E-state index contributed by atoms with van der Waals surface area (Å²) >= 11 is 0. The molecule has 206 valence electrons. The highest BCUT2D eigenvalue weighted by atomic mass is 16.5. The van der Waals surface area contributed by atoms with Crippen LogP contribution in [-0.2, 0) is 9.53 Å². The number of methoxy groups -OCH3 is 1. The van der Waals surface area contributed by atoms with Crippen LogP contribution in [0.5, 0.6) is 0 Å². The van der Waals surface area contributed by atoms with Gasteiger partial charge in [-0.15, -0.1) is 0 Å². The second-order valence-electron chi connectivity index (χ2n) is 10.4. The van der Waals surface area contributed by atoms with E-state index in [4.69, 9.17) is 19.7 Å². The summed E-state index contributed by atoms with van der Waals surface area (Å²) in [5.41, 5.74) is 1.05. The van der Waals surface area contributed by atoms with Crippen molar-refractivity contribution in [3.05, 3.63) is 30.4 Å². The van der Waals surface area contributed by atoms with Crippen molar-refractivity contribution in [2.75, 3.05) is 67.3 Å². The number of likely N-dealkylation sites (N-methyl/N-ethyl adjacent to an activating group) is 1. The maximum atomic E-state index is 13.4. The number of aromatic amines is 1. The Kier molecular flexibility index (Phi) is 7.20. The van der Waals surface area contributed by atoms with Gasteiger partial charge in [0.15, 0.2) is 5.82 Å². The zero-order valence-electron chi connectivity index (χ0n) is 22.2. The molecule has 14 nitrogen and oxygen atoms in total. The molecule has 1 saturated carbocycles. The molecule has 14 heteroatoms. The quantitative estimate of drug-likeness (QED) is 0.383. The van der Waals surface area contributed by atoms with Gasteiger partial charge in [0.05, 0.1) is 18.0 Å². The second kappa shape index (κ2) is 11.1. The van der Waals surface area contributed by atoms with Crippen LogP contribution in [-0.4, -0.2) is 105 Å². The van der Waals surface area contributed by atoms with E-state index in [1.54, 1.807) is 19.5 Å². The number of H-pyrrole nitrogens is 1. The van der Waals surface area contributed by atoms with Gasteiger partial charge < -0.3 is 30.1 Å². The van der Waals surface area contributed by atoms with E-state index in [1.165, 1.54) is 19.0 Å². The molecule has 39 heavy (non-hydrogen) atoms. The lowest BCUT2D eigenvalue weighted by atomic mass is 10.2. The lowest BCUT2D eigenvalue weighted by molar-refractivity contribution is -0.117. The van der Waals surface area contributed by atoms with Crippen molar-refractivity contribution in [2.45, 2.75) is 43.7 Å². The third kappa shape index (κ3) is 5.91. The molecule has 0 spiro atoms. The van der Waals surface area contributed by atoms with Crippen molar-refractivity contribution in [3.63, 3.8) is 0 Å². The van der Waals surface area contributed by atoms with E-state index >= 15 is 0 Å². The summed E-state index contributed by atoms with van der Waals surface area (Å²) in [4.78, 5) is 42.4. The van der Waals surface area contributed by atoms with Crippen LogP contribution in [0.25, 0.3) is 0 Å². The molecule has 3 fully saturated rings. The van der Waals surface area contributed by atoms with Crippen molar-refractivity contribution < 1.29 is 9.53 Å². The summed E-state index contributed by atoms with van der Waals surface area (Å²) in [6, 6.07) is 1.46. The van der Waals surface area contributed by atoms with Gasteiger partial charge in [-0.3, -0.25) is 14.9 Å². The molecule has 0 radical (unpaired) electrons. The highest BCUT2D eigenvalue weighted by Crippen LogP contribution is 2.39. The molecule has 2 saturated heterocycles. The average molecular weight is 535 g/mol. The van der Waals surface area contributed by atoms with Crippen molar-refractivity contribution in [1.82, 2.24) is 40.0 Å². The molecular formula is C25H34N12O2. The Hall–Kier alpha value is -3.91. The average Bonchev–Trinajstić information content (AvgIpc) is 3.60. The van der Waals surface area contributed by atoms with Gasteiger partial charge in [-0.2, -0.15) is 20.1 Å². The summed E-state index contributed by atoms with van der Waals surface area (Å²) in [5.74, 6) is 2.82. The van der Waals surface area contributed by atoms with Crippen LogP contribution >= 0.6 is 0 Å². The van der Waals surface area contributed by atoms with Gasteiger partial charge in [0.1, 0.15) is 11.9 Å². The summed E-state index contributed by atoms with van der Waals surface area (Å²) < 4.78 is 5.66. The van der Waals surface area contributed by atoms with Gasteiger partial charge in [0.25, 0.3) is 0 Å². The van der Waals surface area contributed by atoms with E-state index in [2.05, 4.69) is 47.6 Å². The molecular weight excluding hydrogens is 500 g/mol. The number of nitrogens with zero attached hydrogens (tertiary/aromatic N) is 9. The van der Waals surface area contributed by atoms with E-state index in [0.717, 1.165) is 44.1 Å². The monoisotopic (exact) mass is 534 g/mol. The molecule has 0 bridgehead atoms. The van der Waals surface area contributed by atoms with E-state index in [1.807, 2.05) is 11.0 Å². The van der Waals surface area contributed by atoms with Crippen molar-refractivity contribution in [2.24, 2.45) is 0 Å². The minimum atomic E-state index is -0.552. The van der Waals surface area contributed by atoms with E-state index in [9.17, 15) is 4.79 Å². The molecule has 6 rings (SSSR count). The molecule has 0 unspecified atom stereocenters. The standard InChI is InChI=1S/C25H34N12O2/c1-35-8-3-9-36(11-10-35)24-30-23(29-20-13-18(33-34-20)16-4-5-16)31-25(32-24)37-15-17(39-2)12-19(37)22(38)28-21-14-26-6-7-27-21/h6-7,13-14,16-17,19H,3-5,8-12,15H2,1-2H3,(H,27,28,38)(H2,29,30,31,32,33,34)/t17-,19-/m0/s1. The number of ether oxygens (including phenoxy) is 1. The van der Waals surface area contributed by atoms with Gasteiger partial charge in [-0.1, -0.05) is 0 Å². The smallest absolute Gasteiger partial charge is 0.248 e. The van der Waals surface area contributed by atoms with Crippen LogP contribution in [0.4, 0.5) is 29.5 Å². The predicted molar refractivity (Wildman–Crippen MR) is 145 cm³/mol. The number of hydrogen-bond donors (Lipinski definition) is 3.